The zero-order chi connectivity index (χ0) is 17.5. The molecular formula is C17H24FN3O3. The Kier molecular flexibility index (Phi) is 6.40. The van der Waals surface area contributed by atoms with Crippen molar-refractivity contribution in [2.24, 2.45) is 0 Å². The Labute approximate surface area is 141 Å². The third kappa shape index (κ3) is 4.59. The van der Waals surface area contributed by atoms with E-state index in [1.54, 1.807) is 15.9 Å². The molecule has 7 heteroatoms. The molecule has 24 heavy (non-hydrogen) atoms. The quantitative estimate of drug-likeness (QED) is 0.888. The molecule has 1 heterocycles. The predicted octanol–water partition coefficient (Wildman–Crippen LogP) is 1.64. The van der Waals surface area contributed by atoms with E-state index in [1.807, 2.05) is 6.92 Å². The SMILES string of the molecule is CCCNC(=O)N1CCN(C(=O)Cc2ccc(OC)c(F)c2)CC1. The van der Waals surface area contributed by atoms with Crippen molar-refractivity contribution in [1.29, 1.82) is 0 Å². The number of urea groups is 1. The maximum absolute atomic E-state index is 13.7. The number of halogens is 1. The van der Waals surface area contributed by atoms with Crippen LogP contribution in [0.4, 0.5) is 9.18 Å². The third-order valence-corrected chi connectivity index (χ3v) is 4.02. The molecule has 0 bridgehead atoms. The fraction of sp³-hybridized carbons (Fsp3) is 0.529. The van der Waals surface area contributed by atoms with Gasteiger partial charge in [0, 0.05) is 32.7 Å². The van der Waals surface area contributed by atoms with Crippen molar-refractivity contribution in [3.8, 4) is 5.75 Å². The molecule has 3 amide bonds. The summed E-state index contributed by atoms with van der Waals surface area (Å²) in [4.78, 5) is 27.6. The van der Waals surface area contributed by atoms with Gasteiger partial charge in [0.15, 0.2) is 11.6 Å². The number of piperazine rings is 1. The number of rotatable bonds is 5. The normalized spacial score (nSPS) is 14.5. The van der Waals surface area contributed by atoms with E-state index in [0.717, 1.165) is 6.42 Å². The van der Waals surface area contributed by atoms with Gasteiger partial charge >= 0.3 is 6.03 Å². The summed E-state index contributed by atoms with van der Waals surface area (Å²) < 4.78 is 18.6. The van der Waals surface area contributed by atoms with E-state index in [4.69, 9.17) is 4.74 Å². The molecule has 0 saturated carbocycles. The van der Waals surface area contributed by atoms with Crippen LogP contribution in [0.5, 0.6) is 5.75 Å². The molecule has 0 radical (unpaired) electrons. The first kappa shape index (κ1) is 18.0. The summed E-state index contributed by atoms with van der Waals surface area (Å²) in [6.07, 6.45) is 1.03. The largest absolute Gasteiger partial charge is 0.494 e. The standard InChI is InChI=1S/C17H24FN3O3/c1-3-6-19-17(23)21-9-7-20(8-10-21)16(22)12-13-4-5-15(24-2)14(18)11-13/h4-5,11H,3,6-10,12H2,1-2H3,(H,19,23). The van der Waals surface area contributed by atoms with Gasteiger partial charge in [0.2, 0.25) is 5.91 Å². The molecule has 2 rings (SSSR count). The van der Waals surface area contributed by atoms with Gasteiger partial charge in [-0.2, -0.15) is 0 Å². The van der Waals surface area contributed by atoms with Crippen LogP contribution in [0.25, 0.3) is 0 Å². The molecule has 0 atom stereocenters. The van der Waals surface area contributed by atoms with Crippen molar-refractivity contribution < 1.29 is 18.7 Å². The number of hydrogen-bond acceptors (Lipinski definition) is 3. The number of nitrogens with one attached hydrogen (secondary N) is 1. The minimum Gasteiger partial charge on any atom is -0.494 e. The average Bonchev–Trinajstić information content (AvgIpc) is 2.60. The van der Waals surface area contributed by atoms with Crippen LogP contribution < -0.4 is 10.1 Å². The number of methoxy groups -OCH3 is 1. The topological polar surface area (TPSA) is 61.9 Å². The predicted molar refractivity (Wildman–Crippen MR) is 88.5 cm³/mol. The van der Waals surface area contributed by atoms with Crippen molar-refractivity contribution in [3.05, 3.63) is 29.6 Å². The first-order chi connectivity index (χ1) is 11.5. The summed E-state index contributed by atoms with van der Waals surface area (Å²) in [5.41, 5.74) is 0.612. The van der Waals surface area contributed by atoms with E-state index in [0.29, 0.717) is 38.3 Å². The second-order valence-corrected chi connectivity index (χ2v) is 5.75. The molecule has 0 aliphatic carbocycles. The fourth-order valence-electron chi connectivity index (χ4n) is 2.61. The Balaban J connectivity index is 1.84. The van der Waals surface area contributed by atoms with Gasteiger partial charge < -0.3 is 19.9 Å². The first-order valence-corrected chi connectivity index (χ1v) is 8.18. The molecule has 1 saturated heterocycles. The van der Waals surface area contributed by atoms with Crippen LogP contribution in [-0.4, -0.2) is 61.6 Å². The van der Waals surface area contributed by atoms with Crippen LogP contribution >= 0.6 is 0 Å². The molecule has 0 spiro atoms. The lowest BCUT2D eigenvalue weighted by molar-refractivity contribution is -0.131. The average molecular weight is 337 g/mol. The van der Waals surface area contributed by atoms with E-state index in [-0.39, 0.29) is 24.1 Å². The number of amides is 3. The van der Waals surface area contributed by atoms with E-state index in [1.165, 1.54) is 19.2 Å². The molecule has 6 nitrogen and oxygen atoms in total. The van der Waals surface area contributed by atoms with Crippen molar-refractivity contribution in [3.63, 3.8) is 0 Å². The fourth-order valence-corrected chi connectivity index (χ4v) is 2.61. The van der Waals surface area contributed by atoms with Gasteiger partial charge in [0.1, 0.15) is 0 Å². The highest BCUT2D eigenvalue weighted by Gasteiger charge is 2.24. The van der Waals surface area contributed by atoms with E-state index >= 15 is 0 Å². The molecule has 1 aromatic carbocycles. The van der Waals surface area contributed by atoms with Gasteiger partial charge in [-0.1, -0.05) is 13.0 Å². The third-order valence-electron chi connectivity index (χ3n) is 4.02. The molecule has 1 aliphatic rings. The highest BCUT2D eigenvalue weighted by molar-refractivity contribution is 5.79. The Hall–Kier alpha value is -2.31. The van der Waals surface area contributed by atoms with Crippen LogP contribution in [-0.2, 0) is 11.2 Å². The van der Waals surface area contributed by atoms with Gasteiger partial charge in [-0.15, -0.1) is 0 Å². The Morgan fingerprint density at radius 2 is 1.88 bits per heavy atom. The summed E-state index contributed by atoms with van der Waals surface area (Å²) >= 11 is 0. The molecule has 1 fully saturated rings. The van der Waals surface area contributed by atoms with E-state index < -0.39 is 5.82 Å². The van der Waals surface area contributed by atoms with Crippen LogP contribution in [0.3, 0.4) is 0 Å². The van der Waals surface area contributed by atoms with Gasteiger partial charge in [-0.3, -0.25) is 4.79 Å². The van der Waals surface area contributed by atoms with Gasteiger partial charge in [0.05, 0.1) is 13.5 Å². The summed E-state index contributed by atoms with van der Waals surface area (Å²) in [6, 6.07) is 4.45. The number of hydrogen-bond donors (Lipinski definition) is 1. The molecule has 0 aromatic heterocycles. The number of ether oxygens (including phenoxy) is 1. The number of nitrogens with zero attached hydrogens (tertiary/aromatic N) is 2. The Morgan fingerprint density at radius 1 is 1.21 bits per heavy atom. The molecule has 0 unspecified atom stereocenters. The summed E-state index contributed by atoms with van der Waals surface area (Å²) in [5.74, 6) is -0.369. The van der Waals surface area contributed by atoms with Crippen LogP contribution in [0.1, 0.15) is 18.9 Å². The number of carbonyl (C=O) groups is 2. The number of carbonyl (C=O) groups excluding carboxylic acids is 2. The molecule has 132 valence electrons. The van der Waals surface area contributed by atoms with Crippen molar-refractivity contribution in [1.82, 2.24) is 15.1 Å². The van der Waals surface area contributed by atoms with Gasteiger partial charge in [-0.05, 0) is 24.1 Å². The highest BCUT2D eigenvalue weighted by atomic mass is 19.1. The maximum atomic E-state index is 13.7. The molecule has 1 aliphatic heterocycles. The second kappa shape index (κ2) is 8.52. The summed E-state index contributed by atoms with van der Waals surface area (Å²) in [5, 5.41) is 2.83. The van der Waals surface area contributed by atoms with Crippen molar-refractivity contribution >= 4 is 11.9 Å². The Bertz CT molecular complexity index is 586. The molecule has 1 aromatic rings. The maximum Gasteiger partial charge on any atom is 0.317 e. The summed E-state index contributed by atoms with van der Waals surface area (Å²) in [7, 11) is 1.40. The highest BCUT2D eigenvalue weighted by Crippen LogP contribution is 2.18. The van der Waals surface area contributed by atoms with Gasteiger partial charge in [-0.25, -0.2) is 9.18 Å². The summed E-state index contributed by atoms with van der Waals surface area (Å²) in [6.45, 7) is 4.67. The van der Waals surface area contributed by atoms with Gasteiger partial charge in [0.25, 0.3) is 0 Å². The van der Waals surface area contributed by atoms with E-state index in [2.05, 4.69) is 5.32 Å². The van der Waals surface area contributed by atoms with E-state index in [9.17, 15) is 14.0 Å². The zero-order valence-corrected chi connectivity index (χ0v) is 14.2. The van der Waals surface area contributed by atoms with Crippen molar-refractivity contribution in [2.75, 3.05) is 39.8 Å². The van der Waals surface area contributed by atoms with Crippen LogP contribution in [0.2, 0.25) is 0 Å². The van der Waals surface area contributed by atoms with Crippen molar-refractivity contribution in [2.45, 2.75) is 19.8 Å². The molecular weight excluding hydrogens is 313 g/mol. The molecule has 1 N–H and O–H groups in total. The second-order valence-electron chi connectivity index (χ2n) is 5.75. The number of benzene rings is 1. The van der Waals surface area contributed by atoms with Crippen LogP contribution in [0, 0.1) is 5.82 Å². The smallest absolute Gasteiger partial charge is 0.317 e. The monoisotopic (exact) mass is 337 g/mol. The lowest BCUT2D eigenvalue weighted by atomic mass is 10.1. The lowest BCUT2D eigenvalue weighted by Crippen LogP contribution is -2.53. The van der Waals surface area contributed by atoms with Crippen LogP contribution in [0.15, 0.2) is 18.2 Å². The lowest BCUT2D eigenvalue weighted by Gasteiger charge is -2.34. The minimum atomic E-state index is -0.472. The Morgan fingerprint density at radius 3 is 2.46 bits per heavy atom. The first-order valence-electron chi connectivity index (χ1n) is 8.18. The zero-order valence-electron chi connectivity index (χ0n) is 14.2. The minimum absolute atomic E-state index is 0.0619.